The molecule has 58 valence electrons. The van der Waals surface area contributed by atoms with E-state index in [0.29, 0.717) is 5.22 Å². The Bertz CT molecular complexity index is 239. The Hall–Kier alpha value is -0.950. The summed E-state index contributed by atoms with van der Waals surface area (Å²) in [5, 5.41) is 9.08. The van der Waals surface area contributed by atoms with Crippen LogP contribution in [0.3, 0.4) is 0 Å². The zero-order valence-electron chi connectivity index (χ0n) is 6.15. The number of hydrogen-bond donors (Lipinski definition) is 0. The second kappa shape index (κ2) is 4.04. The van der Waals surface area contributed by atoms with Crippen LogP contribution in [0.4, 0.5) is 0 Å². The molecule has 0 radical (unpaired) electrons. The van der Waals surface area contributed by atoms with Crippen LogP contribution in [-0.4, -0.2) is 10.7 Å². The summed E-state index contributed by atoms with van der Waals surface area (Å²) < 4.78 is 4.97. The predicted molar refractivity (Wildman–Crippen MR) is 42.0 cm³/mol. The van der Waals surface area contributed by atoms with E-state index in [1.165, 1.54) is 18.0 Å². The topological polar surface area (TPSA) is 49.8 Å². The average molecular weight is 168 g/mol. The first-order valence-electron chi connectivity index (χ1n) is 3.25. The Morgan fingerprint density at radius 2 is 2.73 bits per heavy atom. The van der Waals surface area contributed by atoms with Gasteiger partial charge in [0.05, 0.1) is 18.2 Å². The van der Waals surface area contributed by atoms with E-state index in [1.807, 2.05) is 6.92 Å². The first-order chi connectivity index (χ1) is 5.33. The molecule has 1 unspecified atom stereocenters. The molecular formula is C7H8N2OS. The van der Waals surface area contributed by atoms with Gasteiger partial charge in [0.15, 0.2) is 0 Å². The maximum Gasteiger partial charge on any atom is 0.255 e. The van der Waals surface area contributed by atoms with Crippen LogP contribution in [0.15, 0.2) is 22.1 Å². The predicted octanol–water partition coefficient (Wildman–Crippen LogP) is 1.93. The quantitative estimate of drug-likeness (QED) is 0.647. The standard InChI is InChI=1S/C7H8N2OS/c1-6(4-8)5-11-7-9-2-3-10-7/h2-3,6H,5H2,1H3. The van der Waals surface area contributed by atoms with Gasteiger partial charge in [-0.3, -0.25) is 0 Å². The van der Waals surface area contributed by atoms with Gasteiger partial charge >= 0.3 is 0 Å². The van der Waals surface area contributed by atoms with Crippen molar-refractivity contribution in [1.82, 2.24) is 4.98 Å². The van der Waals surface area contributed by atoms with E-state index in [4.69, 9.17) is 9.68 Å². The molecule has 0 amide bonds. The lowest BCUT2D eigenvalue weighted by atomic mass is 10.3. The molecule has 0 saturated heterocycles. The molecule has 1 atom stereocenters. The Morgan fingerprint density at radius 1 is 1.91 bits per heavy atom. The summed E-state index contributed by atoms with van der Waals surface area (Å²) in [7, 11) is 0. The summed E-state index contributed by atoms with van der Waals surface area (Å²) in [6.45, 7) is 1.87. The van der Waals surface area contributed by atoms with Gasteiger partial charge in [0, 0.05) is 5.75 Å². The summed E-state index contributed by atoms with van der Waals surface area (Å²) in [4.78, 5) is 3.91. The molecule has 0 bridgehead atoms. The monoisotopic (exact) mass is 168 g/mol. The molecule has 0 aliphatic rings. The molecular weight excluding hydrogens is 160 g/mol. The highest BCUT2D eigenvalue weighted by molar-refractivity contribution is 7.99. The van der Waals surface area contributed by atoms with Crippen LogP contribution in [0, 0.1) is 17.2 Å². The fourth-order valence-corrected chi connectivity index (χ4v) is 1.24. The molecule has 1 rings (SSSR count). The Kier molecular flexibility index (Phi) is 2.99. The van der Waals surface area contributed by atoms with E-state index in [2.05, 4.69) is 11.1 Å². The largest absolute Gasteiger partial charge is 0.440 e. The minimum absolute atomic E-state index is 0.0481. The molecule has 4 heteroatoms. The van der Waals surface area contributed by atoms with Gasteiger partial charge in [0.1, 0.15) is 6.26 Å². The maximum atomic E-state index is 8.45. The van der Waals surface area contributed by atoms with Crippen LogP contribution >= 0.6 is 11.8 Å². The van der Waals surface area contributed by atoms with Crippen molar-refractivity contribution in [3.8, 4) is 6.07 Å². The highest BCUT2D eigenvalue weighted by Crippen LogP contribution is 2.17. The summed E-state index contributed by atoms with van der Waals surface area (Å²) in [6, 6.07) is 2.14. The molecule has 0 N–H and O–H groups in total. The minimum atomic E-state index is 0.0481. The molecule has 1 aromatic rings. The van der Waals surface area contributed by atoms with Gasteiger partial charge in [-0.1, -0.05) is 11.8 Å². The van der Waals surface area contributed by atoms with E-state index in [0.717, 1.165) is 5.75 Å². The lowest BCUT2D eigenvalue weighted by Gasteiger charge is -1.96. The first kappa shape index (κ1) is 8.15. The van der Waals surface area contributed by atoms with Crippen LogP contribution < -0.4 is 0 Å². The van der Waals surface area contributed by atoms with Crippen molar-refractivity contribution in [1.29, 1.82) is 5.26 Å². The third-order valence-electron chi connectivity index (χ3n) is 1.09. The Labute approximate surface area is 69.4 Å². The summed E-state index contributed by atoms with van der Waals surface area (Å²) in [6.07, 6.45) is 3.12. The highest BCUT2D eigenvalue weighted by atomic mass is 32.2. The van der Waals surface area contributed by atoms with Gasteiger partial charge in [0.2, 0.25) is 0 Å². The van der Waals surface area contributed by atoms with Crippen molar-refractivity contribution < 1.29 is 4.42 Å². The number of aromatic nitrogens is 1. The molecule has 1 heterocycles. The molecule has 0 spiro atoms. The van der Waals surface area contributed by atoms with Crippen molar-refractivity contribution in [3.63, 3.8) is 0 Å². The smallest absolute Gasteiger partial charge is 0.255 e. The lowest BCUT2D eigenvalue weighted by Crippen LogP contribution is -1.92. The summed E-state index contributed by atoms with van der Waals surface area (Å²) in [5.74, 6) is 0.781. The molecule has 11 heavy (non-hydrogen) atoms. The van der Waals surface area contributed by atoms with Gasteiger partial charge < -0.3 is 4.42 Å². The number of hydrogen-bond acceptors (Lipinski definition) is 4. The Morgan fingerprint density at radius 3 is 3.27 bits per heavy atom. The number of nitrogens with zero attached hydrogens (tertiary/aromatic N) is 2. The number of thioether (sulfide) groups is 1. The average Bonchev–Trinajstić information content (AvgIpc) is 2.52. The number of oxazole rings is 1. The molecule has 1 aromatic heterocycles. The van der Waals surface area contributed by atoms with Gasteiger partial charge in [-0.2, -0.15) is 5.26 Å². The van der Waals surface area contributed by atoms with Crippen LogP contribution in [0.1, 0.15) is 6.92 Å². The van der Waals surface area contributed by atoms with E-state index in [9.17, 15) is 0 Å². The summed E-state index contributed by atoms with van der Waals surface area (Å²) >= 11 is 1.46. The minimum Gasteiger partial charge on any atom is -0.440 e. The molecule has 0 saturated carbocycles. The van der Waals surface area contributed by atoms with E-state index in [-0.39, 0.29) is 5.92 Å². The second-order valence-corrected chi connectivity index (χ2v) is 3.11. The van der Waals surface area contributed by atoms with Crippen LogP contribution in [0.2, 0.25) is 0 Å². The fourth-order valence-electron chi connectivity index (χ4n) is 0.515. The van der Waals surface area contributed by atoms with Crippen molar-refractivity contribution in [2.24, 2.45) is 5.92 Å². The summed E-state index contributed by atoms with van der Waals surface area (Å²) in [5.41, 5.74) is 0. The molecule has 0 aliphatic carbocycles. The van der Waals surface area contributed by atoms with E-state index in [1.54, 1.807) is 6.20 Å². The van der Waals surface area contributed by atoms with Gasteiger partial charge in [-0.25, -0.2) is 4.98 Å². The highest BCUT2D eigenvalue weighted by Gasteiger charge is 2.02. The third kappa shape index (κ3) is 2.64. The van der Waals surface area contributed by atoms with Crippen LogP contribution in [-0.2, 0) is 0 Å². The number of rotatable bonds is 3. The molecule has 0 fully saturated rings. The number of nitriles is 1. The normalized spacial score (nSPS) is 12.4. The van der Waals surface area contributed by atoms with E-state index < -0.39 is 0 Å². The maximum absolute atomic E-state index is 8.45. The molecule has 3 nitrogen and oxygen atoms in total. The zero-order valence-corrected chi connectivity index (χ0v) is 6.97. The second-order valence-electron chi connectivity index (χ2n) is 2.14. The fraction of sp³-hybridized carbons (Fsp3) is 0.429. The lowest BCUT2D eigenvalue weighted by molar-refractivity contribution is 0.454. The molecule has 0 aliphatic heterocycles. The zero-order chi connectivity index (χ0) is 8.10. The van der Waals surface area contributed by atoms with Gasteiger partial charge in [-0.15, -0.1) is 0 Å². The van der Waals surface area contributed by atoms with Crippen molar-refractivity contribution in [2.45, 2.75) is 12.1 Å². The van der Waals surface area contributed by atoms with Crippen LogP contribution in [0.25, 0.3) is 0 Å². The van der Waals surface area contributed by atoms with Gasteiger partial charge in [0.25, 0.3) is 5.22 Å². The van der Waals surface area contributed by atoms with E-state index >= 15 is 0 Å². The Balaban J connectivity index is 2.30. The first-order valence-corrected chi connectivity index (χ1v) is 4.23. The van der Waals surface area contributed by atoms with Gasteiger partial charge in [-0.05, 0) is 6.92 Å². The molecule has 0 aromatic carbocycles. The SMILES string of the molecule is CC(C#N)CSc1ncco1. The third-order valence-corrected chi connectivity index (χ3v) is 2.20. The van der Waals surface area contributed by atoms with Crippen molar-refractivity contribution >= 4 is 11.8 Å². The van der Waals surface area contributed by atoms with Crippen LogP contribution in [0.5, 0.6) is 0 Å². The van der Waals surface area contributed by atoms with Crippen molar-refractivity contribution in [3.05, 3.63) is 12.5 Å². The van der Waals surface area contributed by atoms with Crippen molar-refractivity contribution in [2.75, 3.05) is 5.75 Å².